The van der Waals surface area contributed by atoms with Crippen LogP contribution in [-0.2, 0) is 19.1 Å². The number of fused-ring (bicyclic) bond motifs is 1. The molecule has 0 radical (unpaired) electrons. The lowest BCUT2D eigenvalue weighted by Gasteiger charge is -2.29. The van der Waals surface area contributed by atoms with Crippen LogP contribution in [0.15, 0.2) is 0 Å². The average molecular weight is 314 g/mol. The maximum absolute atomic E-state index is 12.1. The second kappa shape index (κ2) is 5.51. The lowest BCUT2D eigenvalue weighted by Crippen LogP contribution is -2.48. The Hall–Kier alpha value is -1.24. The highest BCUT2D eigenvalue weighted by Gasteiger charge is 2.53. The molecular formula is C14H22N2O4S. The van der Waals surface area contributed by atoms with Gasteiger partial charge in [-0.05, 0) is 34.1 Å². The van der Waals surface area contributed by atoms with E-state index in [1.807, 2.05) is 27.7 Å². The molecule has 2 aliphatic rings. The van der Waals surface area contributed by atoms with Crippen molar-refractivity contribution in [2.24, 2.45) is 0 Å². The first-order chi connectivity index (χ1) is 9.62. The summed E-state index contributed by atoms with van der Waals surface area (Å²) in [6.07, 6.45) is 1.22. The van der Waals surface area contributed by atoms with Gasteiger partial charge < -0.3 is 15.0 Å². The summed E-state index contributed by atoms with van der Waals surface area (Å²) in [6.45, 7) is 7.23. The van der Waals surface area contributed by atoms with Gasteiger partial charge in [-0.2, -0.15) is 0 Å². The second-order valence-corrected chi connectivity index (χ2v) is 8.17. The number of hydrogen-bond acceptors (Lipinski definition) is 5. The van der Waals surface area contributed by atoms with Crippen molar-refractivity contribution in [3.05, 3.63) is 0 Å². The Bertz CT molecular complexity index is 474. The van der Waals surface area contributed by atoms with Crippen LogP contribution in [0.4, 0.5) is 0 Å². The summed E-state index contributed by atoms with van der Waals surface area (Å²) in [7, 11) is 0. The van der Waals surface area contributed by atoms with Gasteiger partial charge in [-0.25, -0.2) is 4.79 Å². The Morgan fingerprint density at radius 3 is 2.76 bits per heavy atom. The molecule has 0 saturated carbocycles. The molecule has 7 heteroatoms. The number of rotatable bonds is 3. The van der Waals surface area contributed by atoms with Crippen molar-refractivity contribution in [3.8, 4) is 0 Å². The number of nitrogens with one attached hydrogen (secondary N) is 1. The fourth-order valence-electron chi connectivity index (χ4n) is 2.68. The summed E-state index contributed by atoms with van der Waals surface area (Å²) in [5.74, 6) is -0.312. The molecule has 0 unspecified atom stereocenters. The highest BCUT2D eigenvalue weighted by atomic mass is 32.2. The number of amides is 2. The summed E-state index contributed by atoms with van der Waals surface area (Å²) in [5, 5.41) is 2.73. The average Bonchev–Trinajstić information content (AvgIpc) is 2.82. The minimum atomic E-state index is -0.572. The summed E-state index contributed by atoms with van der Waals surface area (Å²) in [5.41, 5.74) is -0.365. The van der Waals surface area contributed by atoms with Crippen LogP contribution in [0, 0.1) is 0 Å². The maximum Gasteiger partial charge on any atom is 0.330 e. The monoisotopic (exact) mass is 314 g/mol. The van der Waals surface area contributed by atoms with Crippen molar-refractivity contribution in [2.45, 2.75) is 57.0 Å². The van der Waals surface area contributed by atoms with Crippen LogP contribution in [-0.4, -0.2) is 51.5 Å². The van der Waals surface area contributed by atoms with E-state index in [0.717, 1.165) is 6.42 Å². The molecule has 118 valence electrons. The Balaban J connectivity index is 1.90. The summed E-state index contributed by atoms with van der Waals surface area (Å²) in [4.78, 5) is 37.1. The fraction of sp³-hybridized carbons (Fsp3) is 0.786. The number of esters is 1. The number of carbonyl (C=O) groups is 3. The third-order valence-corrected chi connectivity index (χ3v) is 5.08. The lowest BCUT2D eigenvalue weighted by molar-refractivity contribution is -0.156. The molecule has 2 aliphatic heterocycles. The van der Waals surface area contributed by atoms with Crippen molar-refractivity contribution < 1.29 is 19.1 Å². The first kappa shape index (κ1) is 16.1. The topological polar surface area (TPSA) is 75.7 Å². The van der Waals surface area contributed by atoms with E-state index in [1.54, 1.807) is 16.7 Å². The predicted octanol–water partition coefficient (Wildman–Crippen LogP) is 0.898. The van der Waals surface area contributed by atoms with E-state index in [1.165, 1.54) is 0 Å². The van der Waals surface area contributed by atoms with Crippen LogP contribution < -0.4 is 5.32 Å². The number of thioether (sulfide) groups is 1. The van der Waals surface area contributed by atoms with E-state index < -0.39 is 12.0 Å². The number of ether oxygens (including phenoxy) is 1. The molecule has 0 spiro atoms. The Labute approximate surface area is 129 Å². The first-order valence-corrected chi connectivity index (χ1v) is 8.05. The molecular weight excluding hydrogens is 292 g/mol. The normalized spacial score (nSPS) is 28.5. The van der Waals surface area contributed by atoms with E-state index in [0.29, 0.717) is 12.2 Å². The van der Waals surface area contributed by atoms with Gasteiger partial charge in [0, 0.05) is 17.7 Å². The zero-order valence-corrected chi connectivity index (χ0v) is 13.7. The standard InChI is InChI=1S/C14H22N2O4S/c1-13(2,3)15-10(17)7-20-12(19)9-8-21-14(4)6-5-11(18)16(9)14/h9H,5-8H2,1-4H3,(H,15,17)/t9-,14-/m1/s1. The molecule has 0 bridgehead atoms. The third-order valence-electron chi connectivity index (χ3n) is 3.58. The van der Waals surface area contributed by atoms with Crippen LogP contribution in [0.2, 0.25) is 0 Å². The Morgan fingerprint density at radius 2 is 2.14 bits per heavy atom. The molecule has 1 N–H and O–H groups in total. The van der Waals surface area contributed by atoms with Crippen LogP contribution in [0.25, 0.3) is 0 Å². The summed E-state index contributed by atoms with van der Waals surface area (Å²) < 4.78 is 5.08. The molecule has 2 saturated heterocycles. The zero-order valence-electron chi connectivity index (χ0n) is 12.9. The van der Waals surface area contributed by atoms with E-state index in [2.05, 4.69) is 5.32 Å². The number of nitrogens with zero attached hydrogens (tertiary/aromatic N) is 1. The fourth-order valence-corrected chi connectivity index (χ4v) is 4.10. The van der Waals surface area contributed by atoms with Crippen LogP contribution >= 0.6 is 11.8 Å². The van der Waals surface area contributed by atoms with Gasteiger partial charge >= 0.3 is 5.97 Å². The first-order valence-electron chi connectivity index (χ1n) is 7.06. The molecule has 0 aromatic rings. The molecule has 2 rings (SSSR count). The molecule has 2 amide bonds. The molecule has 2 atom stereocenters. The molecule has 0 aliphatic carbocycles. The van der Waals surface area contributed by atoms with Gasteiger partial charge in [0.25, 0.3) is 5.91 Å². The molecule has 0 aromatic carbocycles. The van der Waals surface area contributed by atoms with Gasteiger partial charge in [-0.3, -0.25) is 9.59 Å². The van der Waals surface area contributed by atoms with Gasteiger partial charge in [0.05, 0.1) is 4.87 Å². The molecule has 2 heterocycles. The molecule has 0 aromatic heterocycles. The smallest absolute Gasteiger partial charge is 0.330 e. The molecule has 2 fully saturated rings. The van der Waals surface area contributed by atoms with E-state index >= 15 is 0 Å². The predicted molar refractivity (Wildman–Crippen MR) is 79.6 cm³/mol. The van der Waals surface area contributed by atoms with Gasteiger partial charge in [-0.1, -0.05) is 0 Å². The zero-order chi connectivity index (χ0) is 15.8. The molecule has 6 nitrogen and oxygen atoms in total. The number of hydrogen-bond donors (Lipinski definition) is 1. The van der Waals surface area contributed by atoms with Crippen LogP contribution in [0.5, 0.6) is 0 Å². The van der Waals surface area contributed by atoms with Gasteiger partial charge in [0.2, 0.25) is 5.91 Å². The van der Waals surface area contributed by atoms with Gasteiger partial charge in [0.15, 0.2) is 6.61 Å². The largest absolute Gasteiger partial charge is 0.454 e. The molecule has 21 heavy (non-hydrogen) atoms. The summed E-state index contributed by atoms with van der Waals surface area (Å²) >= 11 is 1.60. The second-order valence-electron chi connectivity index (χ2n) is 6.67. The highest BCUT2D eigenvalue weighted by Crippen LogP contribution is 2.47. The van der Waals surface area contributed by atoms with Crippen molar-refractivity contribution >= 4 is 29.5 Å². The minimum Gasteiger partial charge on any atom is -0.454 e. The van der Waals surface area contributed by atoms with Gasteiger partial charge in [-0.15, -0.1) is 11.8 Å². The van der Waals surface area contributed by atoms with Crippen LogP contribution in [0.1, 0.15) is 40.5 Å². The van der Waals surface area contributed by atoms with Crippen molar-refractivity contribution in [1.82, 2.24) is 10.2 Å². The lowest BCUT2D eigenvalue weighted by atomic mass is 10.1. The Morgan fingerprint density at radius 1 is 1.48 bits per heavy atom. The van der Waals surface area contributed by atoms with Gasteiger partial charge in [0.1, 0.15) is 6.04 Å². The van der Waals surface area contributed by atoms with E-state index in [4.69, 9.17) is 4.74 Å². The maximum atomic E-state index is 12.1. The quantitative estimate of drug-likeness (QED) is 0.783. The van der Waals surface area contributed by atoms with E-state index in [9.17, 15) is 14.4 Å². The third kappa shape index (κ3) is 3.51. The highest BCUT2D eigenvalue weighted by molar-refractivity contribution is 8.01. The van der Waals surface area contributed by atoms with Crippen LogP contribution in [0.3, 0.4) is 0 Å². The van der Waals surface area contributed by atoms with Crippen molar-refractivity contribution in [3.63, 3.8) is 0 Å². The summed E-state index contributed by atoms with van der Waals surface area (Å²) in [6, 6.07) is -0.572. The van der Waals surface area contributed by atoms with E-state index in [-0.39, 0.29) is 28.8 Å². The number of carbonyl (C=O) groups excluding carboxylic acids is 3. The Kier molecular flexibility index (Phi) is 4.24. The van der Waals surface area contributed by atoms with Crippen molar-refractivity contribution in [2.75, 3.05) is 12.4 Å². The van der Waals surface area contributed by atoms with Crippen molar-refractivity contribution in [1.29, 1.82) is 0 Å². The SMILES string of the molecule is CC(C)(C)NC(=O)COC(=O)[C@H]1CS[C@]2(C)CCC(=O)N12. The minimum absolute atomic E-state index is 0.0106.